The Balaban J connectivity index is 2.68. The molecule has 0 amide bonds. The van der Waals surface area contributed by atoms with E-state index in [4.69, 9.17) is 14.7 Å². The number of hydrogen-bond donors (Lipinski definition) is 1. The number of nitriles is 1. The Hall–Kier alpha value is -1.73. The van der Waals surface area contributed by atoms with Crippen molar-refractivity contribution in [1.82, 2.24) is 5.32 Å². The van der Waals surface area contributed by atoms with E-state index in [0.717, 1.165) is 17.1 Å². The SMILES string of the molecule is COc1cccc(CNCC(C)C#N)c1OC. The Labute approximate surface area is 102 Å². The van der Waals surface area contributed by atoms with Crippen molar-refractivity contribution < 1.29 is 9.47 Å². The number of methoxy groups -OCH3 is 2. The predicted molar refractivity (Wildman–Crippen MR) is 66.0 cm³/mol. The Kier molecular flexibility index (Phi) is 5.31. The van der Waals surface area contributed by atoms with Crippen molar-refractivity contribution in [2.45, 2.75) is 13.5 Å². The van der Waals surface area contributed by atoms with Gasteiger partial charge in [-0.05, 0) is 13.0 Å². The summed E-state index contributed by atoms with van der Waals surface area (Å²) in [5.41, 5.74) is 1.02. The molecule has 4 nitrogen and oxygen atoms in total. The van der Waals surface area contributed by atoms with Gasteiger partial charge in [0.25, 0.3) is 0 Å². The van der Waals surface area contributed by atoms with Crippen LogP contribution in [0.5, 0.6) is 11.5 Å². The van der Waals surface area contributed by atoms with Crippen LogP contribution in [0.25, 0.3) is 0 Å². The molecule has 1 aromatic carbocycles. The van der Waals surface area contributed by atoms with Gasteiger partial charge in [0.1, 0.15) is 0 Å². The number of hydrogen-bond acceptors (Lipinski definition) is 4. The quantitative estimate of drug-likeness (QED) is 0.817. The molecule has 0 saturated carbocycles. The maximum atomic E-state index is 8.68. The average molecular weight is 234 g/mol. The lowest BCUT2D eigenvalue weighted by atomic mass is 10.1. The van der Waals surface area contributed by atoms with E-state index >= 15 is 0 Å². The van der Waals surface area contributed by atoms with Crippen LogP contribution < -0.4 is 14.8 Å². The number of rotatable bonds is 6. The molecule has 0 spiro atoms. The van der Waals surface area contributed by atoms with E-state index in [1.54, 1.807) is 14.2 Å². The van der Waals surface area contributed by atoms with Crippen LogP contribution >= 0.6 is 0 Å². The maximum Gasteiger partial charge on any atom is 0.165 e. The highest BCUT2D eigenvalue weighted by molar-refractivity contribution is 5.46. The van der Waals surface area contributed by atoms with Crippen LogP contribution in [0, 0.1) is 17.2 Å². The van der Waals surface area contributed by atoms with E-state index in [1.807, 2.05) is 25.1 Å². The van der Waals surface area contributed by atoms with Gasteiger partial charge < -0.3 is 14.8 Å². The molecule has 1 N–H and O–H groups in total. The monoisotopic (exact) mass is 234 g/mol. The van der Waals surface area contributed by atoms with Gasteiger partial charge in [0.15, 0.2) is 11.5 Å². The first kappa shape index (κ1) is 13.3. The van der Waals surface area contributed by atoms with Crippen molar-refractivity contribution in [3.63, 3.8) is 0 Å². The van der Waals surface area contributed by atoms with Crippen molar-refractivity contribution in [1.29, 1.82) is 5.26 Å². The maximum absolute atomic E-state index is 8.68. The number of para-hydroxylation sites is 1. The zero-order valence-electron chi connectivity index (χ0n) is 10.5. The third-order valence-electron chi connectivity index (χ3n) is 2.47. The summed E-state index contributed by atoms with van der Waals surface area (Å²) in [7, 11) is 3.24. The molecule has 0 aliphatic rings. The van der Waals surface area contributed by atoms with Gasteiger partial charge in [-0.25, -0.2) is 0 Å². The first-order valence-corrected chi connectivity index (χ1v) is 5.53. The Morgan fingerprint density at radius 2 is 2.12 bits per heavy atom. The summed E-state index contributed by atoms with van der Waals surface area (Å²) >= 11 is 0. The lowest BCUT2D eigenvalue weighted by Crippen LogP contribution is -2.20. The molecule has 0 heterocycles. The Morgan fingerprint density at radius 1 is 1.35 bits per heavy atom. The van der Waals surface area contributed by atoms with Gasteiger partial charge in [-0.3, -0.25) is 0 Å². The van der Waals surface area contributed by atoms with Crippen LogP contribution in [0.15, 0.2) is 18.2 Å². The Bertz CT molecular complexity index is 399. The molecule has 0 saturated heterocycles. The van der Waals surface area contributed by atoms with Crippen molar-refractivity contribution in [3.8, 4) is 17.6 Å². The molecular weight excluding hydrogens is 216 g/mol. The smallest absolute Gasteiger partial charge is 0.165 e. The second kappa shape index (κ2) is 6.77. The molecule has 92 valence electrons. The molecule has 4 heteroatoms. The van der Waals surface area contributed by atoms with E-state index in [1.165, 1.54) is 0 Å². The fraction of sp³-hybridized carbons (Fsp3) is 0.462. The van der Waals surface area contributed by atoms with Gasteiger partial charge in [0.05, 0.1) is 26.2 Å². The van der Waals surface area contributed by atoms with Crippen LogP contribution in [0.2, 0.25) is 0 Å². The fourth-order valence-corrected chi connectivity index (χ4v) is 1.56. The molecular formula is C13H18N2O2. The van der Waals surface area contributed by atoms with E-state index in [9.17, 15) is 0 Å². The van der Waals surface area contributed by atoms with E-state index in [-0.39, 0.29) is 5.92 Å². The summed E-state index contributed by atoms with van der Waals surface area (Å²) in [5.74, 6) is 1.47. The molecule has 1 atom stereocenters. The molecule has 17 heavy (non-hydrogen) atoms. The largest absolute Gasteiger partial charge is 0.493 e. The molecule has 0 aliphatic heterocycles. The fourth-order valence-electron chi connectivity index (χ4n) is 1.56. The summed E-state index contributed by atoms with van der Waals surface area (Å²) in [4.78, 5) is 0. The number of nitrogens with zero attached hydrogens (tertiary/aromatic N) is 1. The molecule has 0 bridgehead atoms. The molecule has 0 radical (unpaired) electrons. The summed E-state index contributed by atoms with van der Waals surface area (Å²) in [6, 6.07) is 7.95. The third kappa shape index (κ3) is 3.65. The third-order valence-corrected chi connectivity index (χ3v) is 2.47. The standard InChI is InChI=1S/C13H18N2O2/c1-10(7-14)8-15-9-11-5-4-6-12(16-2)13(11)17-3/h4-6,10,15H,8-9H2,1-3H3. The highest BCUT2D eigenvalue weighted by Crippen LogP contribution is 2.30. The van der Waals surface area contributed by atoms with Gasteiger partial charge in [-0.15, -0.1) is 0 Å². The first-order chi connectivity index (χ1) is 8.22. The zero-order valence-corrected chi connectivity index (χ0v) is 10.5. The predicted octanol–water partition coefficient (Wildman–Crippen LogP) is 1.95. The van der Waals surface area contributed by atoms with E-state index < -0.39 is 0 Å². The zero-order chi connectivity index (χ0) is 12.7. The number of ether oxygens (including phenoxy) is 2. The van der Waals surface area contributed by atoms with Gasteiger partial charge in [0, 0.05) is 18.7 Å². The van der Waals surface area contributed by atoms with Crippen molar-refractivity contribution in [2.24, 2.45) is 5.92 Å². The van der Waals surface area contributed by atoms with Crippen molar-refractivity contribution in [2.75, 3.05) is 20.8 Å². The van der Waals surface area contributed by atoms with Crippen LogP contribution in [0.4, 0.5) is 0 Å². The van der Waals surface area contributed by atoms with E-state index in [0.29, 0.717) is 13.1 Å². The highest BCUT2D eigenvalue weighted by atomic mass is 16.5. The second-order valence-corrected chi connectivity index (χ2v) is 3.81. The van der Waals surface area contributed by atoms with Crippen LogP contribution in [-0.2, 0) is 6.54 Å². The van der Waals surface area contributed by atoms with Crippen LogP contribution in [0.1, 0.15) is 12.5 Å². The molecule has 1 rings (SSSR count). The molecule has 1 aromatic rings. The minimum absolute atomic E-state index is 0.00611. The minimum atomic E-state index is 0.00611. The van der Waals surface area contributed by atoms with Gasteiger partial charge in [-0.1, -0.05) is 12.1 Å². The lowest BCUT2D eigenvalue weighted by Gasteiger charge is -2.13. The molecule has 1 unspecified atom stereocenters. The molecule has 0 fully saturated rings. The van der Waals surface area contributed by atoms with Gasteiger partial charge >= 0.3 is 0 Å². The number of benzene rings is 1. The summed E-state index contributed by atoms with van der Waals surface area (Å²) < 4.78 is 10.5. The first-order valence-electron chi connectivity index (χ1n) is 5.53. The van der Waals surface area contributed by atoms with Crippen LogP contribution in [-0.4, -0.2) is 20.8 Å². The highest BCUT2D eigenvalue weighted by Gasteiger charge is 2.09. The van der Waals surface area contributed by atoms with Gasteiger partial charge in [-0.2, -0.15) is 5.26 Å². The molecule has 0 aliphatic carbocycles. The van der Waals surface area contributed by atoms with Crippen molar-refractivity contribution in [3.05, 3.63) is 23.8 Å². The van der Waals surface area contributed by atoms with E-state index in [2.05, 4.69) is 11.4 Å². The summed E-state index contributed by atoms with van der Waals surface area (Å²) in [6.07, 6.45) is 0. The van der Waals surface area contributed by atoms with Gasteiger partial charge in [0.2, 0.25) is 0 Å². The van der Waals surface area contributed by atoms with Crippen molar-refractivity contribution >= 4 is 0 Å². The normalized spacial score (nSPS) is 11.6. The second-order valence-electron chi connectivity index (χ2n) is 3.81. The Morgan fingerprint density at radius 3 is 2.71 bits per heavy atom. The number of nitrogens with one attached hydrogen (secondary N) is 1. The van der Waals surface area contributed by atoms with Crippen LogP contribution in [0.3, 0.4) is 0 Å². The molecule has 0 aromatic heterocycles. The lowest BCUT2D eigenvalue weighted by molar-refractivity contribution is 0.350. The minimum Gasteiger partial charge on any atom is -0.493 e. The summed E-state index contributed by atoms with van der Waals surface area (Å²) in [6.45, 7) is 3.21. The average Bonchev–Trinajstić information content (AvgIpc) is 2.37. The topological polar surface area (TPSA) is 54.3 Å². The summed E-state index contributed by atoms with van der Waals surface area (Å²) in [5, 5.41) is 11.9.